The number of anilines is 1. The van der Waals surface area contributed by atoms with Gasteiger partial charge in [0.15, 0.2) is 0 Å². The quantitative estimate of drug-likeness (QED) is 0.820. The Hall–Kier alpha value is -2.42. The Kier molecular flexibility index (Phi) is 3.49. The minimum Gasteiger partial charge on any atom is -0.326 e. The molecule has 2 saturated heterocycles. The predicted octanol–water partition coefficient (Wildman–Crippen LogP) is 0.585. The monoisotopic (exact) mass is 317 g/mol. The summed E-state index contributed by atoms with van der Waals surface area (Å²) in [5.74, 6) is 0. The summed E-state index contributed by atoms with van der Waals surface area (Å²) >= 11 is 0. The van der Waals surface area contributed by atoms with Crippen LogP contribution in [0, 0.1) is 0 Å². The second kappa shape index (κ2) is 5.65. The van der Waals surface area contributed by atoms with E-state index < -0.39 is 0 Å². The molecule has 2 aliphatic heterocycles. The van der Waals surface area contributed by atoms with E-state index in [2.05, 4.69) is 24.9 Å². The average molecular weight is 317 g/mol. The van der Waals surface area contributed by atoms with E-state index >= 15 is 0 Å². The molecule has 2 amide bonds. The molecule has 2 aliphatic rings. The number of nitrogens with zero attached hydrogens (tertiary/aromatic N) is 7. The molecule has 4 heterocycles. The van der Waals surface area contributed by atoms with Crippen molar-refractivity contribution in [3.8, 4) is 0 Å². The first-order chi connectivity index (χ1) is 11.2. The van der Waals surface area contributed by atoms with E-state index in [9.17, 15) is 4.79 Å². The maximum atomic E-state index is 12.1. The molecular formula is C14H19N7O2. The van der Waals surface area contributed by atoms with Gasteiger partial charge in [0.05, 0.1) is 24.1 Å². The summed E-state index contributed by atoms with van der Waals surface area (Å²) < 4.78 is 6.60. The lowest BCUT2D eigenvalue weighted by Crippen LogP contribution is -2.28. The zero-order valence-electron chi connectivity index (χ0n) is 13.0. The highest BCUT2D eigenvalue weighted by Crippen LogP contribution is 2.25. The van der Waals surface area contributed by atoms with E-state index in [1.807, 2.05) is 17.9 Å². The van der Waals surface area contributed by atoms with Crippen LogP contribution in [0.3, 0.4) is 0 Å². The molecule has 4 rings (SSSR count). The van der Waals surface area contributed by atoms with Crippen LogP contribution >= 0.6 is 0 Å². The van der Waals surface area contributed by atoms with Gasteiger partial charge in [-0.25, -0.2) is 9.42 Å². The maximum absolute atomic E-state index is 12.1. The second-order valence-corrected chi connectivity index (χ2v) is 6.11. The molecule has 2 fully saturated rings. The van der Waals surface area contributed by atoms with E-state index in [0.29, 0.717) is 6.04 Å². The molecule has 0 radical (unpaired) electrons. The van der Waals surface area contributed by atoms with Gasteiger partial charge in [0.25, 0.3) is 0 Å². The van der Waals surface area contributed by atoms with Crippen molar-refractivity contribution in [1.82, 2.24) is 29.9 Å². The van der Waals surface area contributed by atoms with Crippen LogP contribution in [0.4, 0.5) is 10.5 Å². The summed E-state index contributed by atoms with van der Waals surface area (Å²) in [6.07, 6.45) is 6.43. The first kappa shape index (κ1) is 14.2. The van der Waals surface area contributed by atoms with Crippen molar-refractivity contribution >= 4 is 11.7 Å². The number of aromatic nitrogens is 4. The smallest absolute Gasteiger partial charge is 0.324 e. The Morgan fingerprint density at radius 2 is 2.22 bits per heavy atom. The Morgan fingerprint density at radius 3 is 2.96 bits per heavy atom. The molecular weight excluding hydrogens is 298 g/mol. The highest BCUT2D eigenvalue weighted by atomic mass is 16.6. The summed E-state index contributed by atoms with van der Waals surface area (Å²) in [6.45, 7) is 4.10. The number of hydrogen-bond donors (Lipinski definition) is 0. The molecule has 122 valence electrons. The fourth-order valence-electron chi connectivity index (χ4n) is 3.21. The van der Waals surface area contributed by atoms with E-state index in [-0.39, 0.29) is 6.03 Å². The minimum atomic E-state index is 0.0381. The Bertz CT molecular complexity index is 683. The number of likely N-dealkylation sites (N-methyl/N-ethyl adjacent to an activating group) is 1. The highest BCUT2D eigenvalue weighted by Gasteiger charge is 2.29. The van der Waals surface area contributed by atoms with E-state index in [0.717, 1.165) is 50.5 Å². The molecule has 0 bridgehead atoms. The molecule has 0 aromatic carbocycles. The van der Waals surface area contributed by atoms with Crippen molar-refractivity contribution in [1.29, 1.82) is 0 Å². The zero-order chi connectivity index (χ0) is 15.8. The molecule has 1 atom stereocenters. The normalized spacial score (nSPS) is 22.5. The summed E-state index contributed by atoms with van der Waals surface area (Å²) in [4.78, 5) is 17.9. The van der Waals surface area contributed by atoms with Crippen molar-refractivity contribution in [3.63, 3.8) is 0 Å². The van der Waals surface area contributed by atoms with Gasteiger partial charge in [-0.1, -0.05) is 10.3 Å². The third-order valence-corrected chi connectivity index (χ3v) is 4.53. The van der Waals surface area contributed by atoms with E-state index in [1.165, 1.54) is 0 Å². The number of amides is 2. The summed E-state index contributed by atoms with van der Waals surface area (Å²) in [7, 11) is 1.82. The van der Waals surface area contributed by atoms with Gasteiger partial charge in [-0.3, -0.25) is 14.5 Å². The lowest BCUT2D eigenvalue weighted by molar-refractivity contribution is 0.229. The van der Waals surface area contributed by atoms with Gasteiger partial charge < -0.3 is 4.90 Å². The molecule has 23 heavy (non-hydrogen) atoms. The van der Waals surface area contributed by atoms with Gasteiger partial charge in [0.1, 0.15) is 5.69 Å². The molecule has 2 aromatic rings. The number of urea groups is 1. The predicted molar refractivity (Wildman–Crippen MR) is 80.8 cm³/mol. The first-order valence-corrected chi connectivity index (χ1v) is 7.76. The van der Waals surface area contributed by atoms with Crippen LogP contribution in [-0.4, -0.2) is 69.2 Å². The van der Waals surface area contributed by atoms with Crippen molar-refractivity contribution in [2.75, 3.05) is 38.1 Å². The van der Waals surface area contributed by atoms with Gasteiger partial charge in [0, 0.05) is 46.0 Å². The third-order valence-electron chi connectivity index (χ3n) is 4.53. The van der Waals surface area contributed by atoms with Crippen LogP contribution in [0.5, 0.6) is 0 Å². The molecule has 0 saturated carbocycles. The number of rotatable bonds is 4. The third kappa shape index (κ3) is 2.67. The largest absolute Gasteiger partial charge is 0.326 e. The molecule has 0 aliphatic carbocycles. The lowest BCUT2D eigenvalue weighted by atomic mass is 10.3. The van der Waals surface area contributed by atoms with Crippen LogP contribution in [0.15, 0.2) is 23.2 Å². The van der Waals surface area contributed by atoms with E-state index in [4.69, 9.17) is 0 Å². The topological polar surface area (TPSA) is 83.5 Å². The molecule has 0 N–H and O–H groups in total. The van der Waals surface area contributed by atoms with Gasteiger partial charge >= 0.3 is 6.03 Å². The highest BCUT2D eigenvalue weighted by molar-refractivity contribution is 5.93. The molecule has 2 aromatic heterocycles. The molecule has 9 heteroatoms. The average Bonchev–Trinajstić information content (AvgIpc) is 3.30. The van der Waals surface area contributed by atoms with Crippen molar-refractivity contribution in [2.45, 2.75) is 19.0 Å². The van der Waals surface area contributed by atoms with Crippen molar-refractivity contribution < 1.29 is 9.42 Å². The zero-order valence-corrected chi connectivity index (χ0v) is 13.0. The fourth-order valence-corrected chi connectivity index (χ4v) is 3.21. The molecule has 1 unspecified atom stereocenters. The second-order valence-electron chi connectivity index (χ2n) is 6.11. The molecule has 9 nitrogen and oxygen atoms in total. The van der Waals surface area contributed by atoms with Crippen LogP contribution in [0.2, 0.25) is 0 Å². The van der Waals surface area contributed by atoms with Crippen molar-refractivity contribution in [3.05, 3.63) is 24.3 Å². The summed E-state index contributed by atoms with van der Waals surface area (Å²) in [5, 5.41) is 11.9. The Morgan fingerprint density at radius 1 is 1.30 bits per heavy atom. The van der Waals surface area contributed by atoms with Crippen LogP contribution < -0.4 is 4.90 Å². The van der Waals surface area contributed by atoms with Crippen LogP contribution in [0.1, 0.15) is 18.2 Å². The Labute approximate surface area is 133 Å². The van der Waals surface area contributed by atoms with Crippen LogP contribution in [-0.2, 0) is 6.54 Å². The standard InChI is InChI=1S/C14H19N7O2/c1-18-4-5-20(14(18)22)13-7-15-21(10-13)12-2-3-19(9-12)8-11-6-16-23-17-11/h6-7,10,12H,2-5,8-9H2,1H3. The fraction of sp³-hybridized carbons (Fsp3) is 0.571. The number of carbonyl (C=O) groups is 1. The minimum absolute atomic E-state index is 0.0381. The number of likely N-dealkylation sites (tertiary alicyclic amines) is 1. The van der Waals surface area contributed by atoms with Gasteiger partial charge in [-0.2, -0.15) is 5.10 Å². The lowest BCUT2D eigenvalue weighted by Gasteiger charge is -2.15. The molecule has 0 spiro atoms. The van der Waals surface area contributed by atoms with Crippen molar-refractivity contribution in [2.24, 2.45) is 0 Å². The van der Waals surface area contributed by atoms with Gasteiger partial charge in [-0.15, -0.1) is 0 Å². The van der Waals surface area contributed by atoms with Gasteiger partial charge in [-0.05, 0) is 6.42 Å². The number of carbonyl (C=O) groups excluding carboxylic acids is 1. The summed E-state index contributed by atoms with van der Waals surface area (Å²) in [6, 6.07) is 0.357. The number of hydrogen-bond acceptors (Lipinski definition) is 6. The summed E-state index contributed by atoms with van der Waals surface area (Å²) in [5.41, 5.74) is 1.72. The van der Waals surface area contributed by atoms with Gasteiger partial charge in [0.2, 0.25) is 0 Å². The Balaban J connectivity index is 1.41. The van der Waals surface area contributed by atoms with E-state index in [1.54, 1.807) is 22.2 Å². The SMILES string of the molecule is CN1CCN(c2cnn(C3CCN(Cc4cnon4)C3)c2)C1=O. The van der Waals surface area contributed by atoms with Crippen LogP contribution in [0.25, 0.3) is 0 Å². The maximum Gasteiger partial charge on any atom is 0.324 e. The first-order valence-electron chi connectivity index (χ1n) is 7.76.